The number of rotatable bonds is 7. The van der Waals surface area contributed by atoms with Gasteiger partial charge in [-0.2, -0.15) is 4.31 Å². The highest BCUT2D eigenvalue weighted by molar-refractivity contribution is 7.89. The molecule has 0 radical (unpaired) electrons. The fourth-order valence-electron chi connectivity index (χ4n) is 3.59. The summed E-state index contributed by atoms with van der Waals surface area (Å²) in [5.74, 6) is -8.75. The average Bonchev–Trinajstić information content (AvgIpc) is 3.31. The van der Waals surface area contributed by atoms with E-state index in [4.69, 9.17) is 5.21 Å². The van der Waals surface area contributed by atoms with Gasteiger partial charge < -0.3 is 0 Å². The molecule has 2 aromatic carbocycles. The Morgan fingerprint density at radius 2 is 1.69 bits per heavy atom. The molecule has 0 bridgehead atoms. The van der Waals surface area contributed by atoms with Crippen LogP contribution in [0.4, 0.5) is 17.6 Å². The van der Waals surface area contributed by atoms with E-state index in [9.17, 15) is 30.8 Å². The molecule has 2 N–H and O–H groups in total. The van der Waals surface area contributed by atoms with Crippen LogP contribution in [0.1, 0.15) is 36.8 Å². The van der Waals surface area contributed by atoms with E-state index in [1.165, 1.54) is 11.6 Å². The first-order valence-electron chi connectivity index (χ1n) is 9.71. The molecule has 11 heteroatoms. The molecule has 0 heterocycles. The Hall–Kier alpha value is -2.76. The van der Waals surface area contributed by atoms with Gasteiger partial charge in [-0.15, -0.1) is 0 Å². The van der Waals surface area contributed by atoms with Crippen molar-refractivity contribution >= 4 is 22.0 Å². The molecule has 1 saturated carbocycles. The summed E-state index contributed by atoms with van der Waals surface area (Å²) in [5, 5.41) is 8.49. The molecule has 0 spiro atoms. The molecule has 6 nitrogen and oxygen atoms in total. The maximum absolute atomic E-state index is 14.3. The smallest absolute Gasteiger partial charge is 0.267 e. The summed E-state index contributed by atoms with van der Waals surface area (Å²) in [6.45, 7) is -0.200. The van der Waals surface area contributed by atoms with Crippen LogP contribution in [0.15, 0.2) is 41.3 Å². The number of carbonyl (C=O) groups excluding carboxylic acids is 1. The maximum Gasteiger partial charge on any atom is 0.267 e. The Kier molecular flexibility index (Phi) is 7.32. The number of hydrogen-bond acceptors (Lipinski definition) is 4. The molecule has 0 atom stereocenters. The van der Waals surface area contributed by atoms with Crippen LogP contribution in [0.5, 0.6) is 0 Å². The van der Waals surface area contributed by atoms with Crippen molar-refractivity contribution in [3.8, 4) is 0 Å². The third-order valence-corrected chi connectivity index (χ3v) is 7.14. The molecule has 1 aliphatic rings. The summed E-state index contributed by atoms with van der Waals surface area (Å²) in [6.07, 6.45) is 4.96. The number of carbonyl (C=O) groups is 1. The molecule has 0 aliphatic heterocycles. The van der Waals surface area contributed by atoms with Gasteiger partial charge in [-0.3, -0.25) is 10.0 Å². The third-order valence-electron chi connectivity index (χ3n) is 5.24. The Balaban J connectivity index is 1.94. The van der Waals surface area contributed by atoms with Gasteiger partial charge >= 0.3 is 0 Å². The first-order valence-corrected chi connectivity index (χ1v) is 11.1. The minimum absolute atomic E-state index is 0.158. The fourth-order valence-corrected chi connectivity index (χ4v) is 5.33. The zero-order valence-corrected chi connectivity index (χ0v) is 17.5. The molecule has 172 valence electrons. The van der Waals surface area contributed by atoms with Gasteiger partial charge in [0.1, 0.15) is 4.90 Å². The highest BCUT2D eigenvalue weighted by atomic mass is 32.2. The summed E-state index contributed by atoms with van der Waals surface area (Å²) in [4.78, 5) is 9.80. The molecule has 32 heavy (non-hydrogen) atoms. The molecule has 1 aliphatic carbocycles. The largest absolute Gasteiger partial charge is 0.288 e. The van der Waals surface area contributed by atoms with Crippen molar-refractivity contribution in [3.63, 3.8) is 0 Å². The lowest BCUT2D eigenvalue weighted by Crippen LogP contribution is -2.39. The van der Waals surface area contributed by atoms with Crippen LogP contribution in [-0.4, -0.2) is 29.9 Å². The van der Waals surface area contributed by atoms with Gasteiger partial charge in [0.05, 0.1) is 0 Å². The highest BCUT2D eigenvalue weighted by Crippen LogP contribution is 2.32. The van der Waals surface area contributed by atoms with Crippen LogP contribution in [0.2, 0.25) is 0 Å². The van der Waals surface area contributed by atoms with Crippen LogP contribution < -0.4 is 5.48 Å². The molecule has 0 aromatic heterocycles. The number of hydrogen-bond donors (Lipinski definition) is 2. The number of hydroxylamine groups is 1. The Morgan fingerprint density at radius 1 is 1.06 bits per heavy atom. The monoisotopic (exact) mass is 472 g/mol. The highest BCUT2D eigenvalue weighted by Gasteiger charge is 2.37. The van der Waals surface area contributed by atoms with Crippen molar-refractivity contribution < 1.29 is 36.0 Å². The minimum atomic E-state index is -4.69. The lowest BCUT2D eigenvalue weighted by molar-refractivity contribution is -0.124. The number of halogens is 4. The quantitative estimate of drug-likeness (QED) is 0.160. The second kappa shape index (κ2) is 9.80. The normalized spacial score (nSPS) is 15.1. The van der Waals surface area contributed by atoms with Gasteiger partial charge in [-0.1, -0.05) is 37.1 Å². The molecule has 3 rings (SSSR count). The first kappa shape index (κ1) is 23.9. The maximum atomic E-state index is 14.3. The molecule has 0 saturated heterocycles. The number of nitrogens with one attached hydrogen (secondary N) is 1. The van der Waals surface area contributed by atoms with E-state index in [0.29, 0.717) is 24.0 Å². The number of sulfonamides is 1. The second-order valence-corrected chi connectivity index (χ2v) is 9.20. The Bertz CT molecular complexity index is 1130. The van der Waals surface area contributed by atoms with Gasteiger partial charge in [0.2, 0.25) is 10.0 Å². The summed E-state index contributed by atoms with van der Waals surface area (Å²) >= 11 is 0. The van der Waals surface area contributed by atoms with E-state index in [1.807, 2.05) is 0 Å². The van der Waals surface area contributed by atoms with Crippen LogP contribution in [0.3, 0.4) is 0 Å². The topological polar surface area (TPSA) is 86.7 Å². The predicted octanol–water partition coefficient (Wildman–Crippen LogP) is 3.90. The third kappa shape index (κ3) is 5.00. The van der Waals surface area contributed by atoms with Crippen LogP contribution in [0, 0.1) is 23.3 Å². The van der Waals surface area contributed by atoms with E-state index in [1.54, 1.807) is 24.3 Å². The summed E-state index contributed by atoms with van der Waals surface area (Å²) in [6, 6.07) is 5.99. The van der Waals surface area contributed by atoms with Gasteiger partial charge in [0, 0.05) is 24.7 Å². The fraction of sp³-hybridized carbons (Fsp3) is 0.286. The zero-order chi connectivity index (χ0) is 23.5. The Labute approximate surface area is 182 Å². The molecular formula is C21H20F4N2O4S. The molecule has 0 unspecified atom stereocenters. The summed E-state index contributed by atoms with van der Waals surface area (Å²) in [7, 11) is -4.69. The van der Waals surface area contributed by atoms with Gasteiger partial charge in [-0.25, -0.2) is 31.5 Å². The van der Waals surface area contributed by atoms with E-state index >= 15 is 0 Å². The second-order valence-electron chi connectivity index (χ2n) is 7.34. The van der Waals surface area contributed by atoms with Crippen molar-refractivity contribution in [2.45, 2.75) is 43.2 Å². The van der Waals surface area contributed by atoms with Crippen LogP contribution in [0.25, 0.3) is 6.08 Å². The lowest BCUT2D eigenvalue weighted by Gasteiger charge is -2.28. The zero-order valence-electron chi connectivity index (χ0n) is 16.7. The standard InChI is InChI=1S/C21H20F4N2O4S/c22-16-11-17(20(24)21(25)19(16)23)32(30,31)27(15-3-1-2-4-15)12-14-7-5-13(6-8-14)9-10-18(28)26-29/h5-11,15,29H,1-4,12H2,(H,26,28)/b10-9+. The number of benzene rings is 2. The summed E-state index contributed by atoms with van der Waals surface area (Å²) in [5.41, 5.74) is 2.54. The van der Waals surface area contributed by atoms with E-state index in [0.717, 1.165) is 23.2 Å². The SMILES string of the molecule is O=C(/C=C/c1ccc(CN(C2CCCC2)S(=O)(=O)c2cc(F)c(F)c(F)c2F)cc1)NO. The molecule has 2 aromatic rings. The van der Waals surface area contributed by atoms with Crippen molar-refractivity contribution in [3.05, 3.63) is 70.8 Å². The van der Waals surface area contributed by atoms with Gasteiger partial charge in [0.15, 0.2) is 23.3 Å². The predicted molar refractivity (Wildman–Crippen MR) is 107 cm³/mol. The molecule has 1 fully saturated rings. The van der Waals surface area contributed by atoms with Crippen molar-refractivity contribution in [1.82, 2.24) is 9.79 Å². The molecular weight excluding hydrogens is 452 g/mol. The minimum Gasteiger partial charge on any atom is -0.288 e. The van der Waals surface area contributed by atoms with E-state index < -0.39 is 50.1 Å². The van der Waals surface area contributed by atoms with Crippen molar-refractivity contribution in [2.24, 2.45) is 0 Å². The number of amides is 1. The Morgan fingerprint density at radius 3 is 2.28 bits per heavy atom. The first-order chi connectivity index (χ1) is 15.1. The number of nitrogens with zero attached hydrogens (tertiary/aromatic N) is 1. The van der Waals surface area contributed by atoms with Gasteiger partial charge in [0.25, 0.3) is 5.91 Å². The average molecular weight is 472 g/mol. The molecule has 1 amide bonds. The lowest BCUT2D eigenvalue weighted by atomic mass is 10.1. The van der Waals surface area contributed by atoms with Crippen LogP contribution in [-0.2, 0) is 21.4 Å². The van der Waals surface area contributed by atoms with E-state index in [-0.39, 0.29) is 12.6 Å². The summed E-state index contributed by atoms with van der Waals surface area (Å²) < 4.78 is 82.4. The van der Waals surface area contributed by atoms with Crippen molar-refractivity contribution in [1.29, 1.82) is 0 Å². The van der Waals surface area contributed by atoms with Gasteiger partial charge in [-0.05, 0) is 30.0 Å². The van der Waals surface area contributed by atoms with E-state index in [2.05, 4.69) is 0 Å². The van der Waals surface area contributed by atoms with Crippen LogP contribution >= 0.6 is 0 Å². The van der Waals surface area contributed by atoms with Crippen molar-refractivity contribution in [2.75, 3.05) is 0 Å².